The number of pyridine rings is 1. The zero-order valence-electron chi connectivity index (χ0n) is 18.5. The zero-order chi connectivity index (χ0) is 22.9. The predicted molar refractivity (Wildman–Crippen MR) is 123 cm³/mol. The first kappa shape index (κ1) is 22.9. The normalized spacial score (nSPS) is 14.8. The van der Waals surface area contributed by atoms with Crippen molar-refractivity contribution in [3.05, 3.63) is 66.6 Å². The number of nitrogens with zero attached hydrogens (tertiary/aromatic N) is 4. The van der Waals surface area contributed by atoms with E-state index in [1.807, 2.05) is 47.5 Å². The zero-order valence-corrected chi connectivity index (χ0v) is 18.5. The molecule has 0 bridgehead atoms. The van der Waals surface area contributed by atoms with Crippen LogP contribution < -0.4 is 10.1 Å². The lowest BCUT2D eigenvalue weighted by atomic mass is 10.1. The van der Waals surface area contributed by atoms with Gasteiger partial charge in [0, 0.05) is 55.9 Å². The maximum Gasteiger partial charge on any atom is 0.244 e. The summed E-state index contributed by atoms with van der Waals surface area (Å²) in [7, 11) is 0. The second-order valence-electron chi connectivity index (χ2n) is 7.77. The molecule has 2 N–H and O–H groups in total. The van der Waals surface area contributed by atoms with Crippen molar-refractivity contribution in [3.63, 3.8) is 0 Å². The Hall–Kier alpha value is -3.27. The second kappa shape index (κ2) is 11.6. The summed E-state index contributed by atoms with van der Waals surface area (Å²) in [4.78, 5) is 18.2. The minimum atomic E-state index is -0.595. The lowest BCUT2D eigenvalue weighted by Gasteiger charge is -2.26. The van der Waals surface area contributed by atoms with Crippen molar-refractivity contribution in [1.82, 2.24) is 25.0 Å². The highest BCUT2D eigenvalue weighted by Crippen LogP contribution is 2.21. The van der Waals surface area contributed by atoms with Crippen molar-refractivity contribution in [3.8, 4) is 17.0 Å². The number of carbonyl (C=O) groups is 1. The molecule has 174 valence electrons. The van der Waals surface area contributed by atoms with Gasteiger partial charge in [-0.05, 0) is 36.4 Å². The highest BCUT2D eigenvalue weighted by Gasteiger charge is 2.17. The minimum absolute atomic E-state index is 0.0539. The summed E-state index contributed by atoms with van der Waals surface area (Å²) in [5.41, 5.74) is 2.55. The number of aliphatic hydroxyl groups is 1. The number of morpholine rings is 1. The van der Waals surface area contributed by atoms with Crippen LogP contribution in [0.3, 0.4) is 0 Å². The lowest BCUT2D eigenvalue weighted by molar-refractivity contribution is -0.136. The van der Waals surface area contributed by atoms with Gasteiger partial charge >= 0.3 is 0 Å². The number of benzene rings is 1. The van der Waals surface area contributed by atoms with Crippen LogP contribution in [0.5, 0.6) is 5.75 Å². The van der Waals surface area contributed by atoms with Crippen LogP contribution in [0, 0.1) is 0 Å². The molecule has 3 aromatic rings. The number of nitrogens with one attached hydrogen (secondary N) is 1. The highest BCUT2D eigenvalue weighted by molar-refractivity contribution is 5.76. The molecule has 9 nitrogen and oxygen atoms in total. The number of amides is 1. The number of aliphatic hydroxyl groups excluding tert-OH is 1. The monoisotopic (exact) mass is 451 g/mol. The number of hydrogen-bond acceptors (Lipinski definition) is 7. The average molecular weight is 452 g/mol. The summed E-state index contributed by atoms with van der Waals surface area (Å²) < 4.78 is 12.7. The van der Waals surface area contributed by atoms with Gasteiger partial charge in [0.15, 0.2) is 0 Å². The van der Waals surface area contributed by atoms with Crippen molar-refractivity contribution in [2.75, 3.05) is 46.0 Å². The van der Waals surface area contributed by atoms with Crippen LogP contribution in [0.25, 0.3) is 11.3 Å². The van der Waals surface area contributed by atoms with Gasteiger partial charge in [0.2, 0.25) is 5.91 Å². The Balaban J connectivity index is 1.19. The summed E-state index contributed by atoms with van der Waals surface area (Å²) in [6.45, 7) is 4.21. The lowest BCUT2D eigenvalue weighted by Crippen LogP contribution is -2.42. The summed E-state index contributed by atoms with van der Waals surface area (Å²) >= 11 is 0. The SMILES string of the molecule is O=C(Cn1ccc(-c2ccc(OCCNCC(O)c3cccnc3)cc2)n1)N1CCOCC1. The van der Waals surface area contributed by atoms with Gasteiger partial charge in [-0.25, -0.2) is 0 Å². The smallest absolute Gasteiger partial charge is 0.244 e. The maximum atomic E-state index is 12.4. The number of aromatic nitrogens is 3. The summed E-state index contributed by atoms with van der Waals surface area (Å²) in [5.74, 6) is 0.813. The molecule has 1 aliphatic rings. The van der Waals surface area contributed by atoms with Crippen LogP contribution in [0.1, 0.15) is 11.7 Å². The Labute approximate surface area is 193 Å². The van der Waals surface area contributed by atoms with E-state index >= 15 is 0 Å². The number of hydrogen-bond donors (Lipinski definition) is 2. The van der Waals surface area contributed by atoms with E-state index in [2.05, 4.69) is 15.4 Å². The standard InChI is InChI=1S/C24H29N5O4/c30-23(20-2-1-8-25-16-20)17-26-9-13-33-21-5-3-19(4-6-21)22-7-10-29(27-22)18-24(31)28-11-14-32-15-12-28/h1-8,10,16,23,26,30H,9,11-15,17-18H2. The molecule has 1 aromatic carbocycles. The van der Waals surface area contributed by atoms with Crippen LogP contribution in [-0.2, 0) is 16.1 Å². The van der Waals surface area contributed by atoms with Crippen molar-refractivity contribution in [2.24, 2.45) is 0 Å². The molecule has 1 unspecified atom stereocenters. The molecule has 9 heteroatoms. The van der Waals surface area contributed by atoms with E-state index in [9.17, 15) is 9.90 Å². The molecule has 4 rings (SSSR count). The Morgan fingerprint density at radius 2 is 2.00 bits per heavy atom. The average Bonchev–Trinajstić information content (AvgIpc) is 3.33. The number of rotatable bonds is 10. The Morgan fingerprint density at radius 1 is 1.18 bits per heavy atom. The van der Waals surface area contributed by atoms with E-state index < -0.39 is 6.10 Å². The van der Waals surface area contributed by atoms with Crippen LogP contribution in [0.4, 0.5) is 0 Å². The minimum Gasteiger partial charge on any atom is -0.492 e. The van der Waals surface area contributed by atoms with Crippen LogP contribution in [0.15, 0.2) is 61.1 Å². The van der Waals surface area contributed by atoms with Gasteiger partial charge in [0.25, 0.3) is 0 Å². The fourth-order valence-corrected chi connectivity index (χ4v) is 3.55. The van der Waals surface area contributed by atoms with E-state index in [4.69, 9.17) is 9.47 Å². The molecule has 3 heterocycles. The van der Waals surface area contributed by atoms with Gasteiger partial charge in [-0.2, -0.15) is 5.10 Å². The largest absolute Gasteiger partial charge is 0.492 e. The molecule has 1 atom stereocenters. The van der Waals surface area contributed by atoms with Gasteiger partial charge in [-0.15, -0.1) is 0 Å². The third-order valence-electron chi connectivity index (χ3n) is 5.41. The molecule has 1 amide bonds. The molecule has 1 aliphatic heterocycles. The highest BCUT2D eigenvalue weighted by atomic mass is 16.5. The van der Waals surface area contributed by atoms with Crippen molar-refractivity contribution in [2.45, 2.75) is 12.6 Å². The van der Waals surface area contributed by atoms with E-state index in [1.54, 1.807) is 23.1 Å². The number of carbonyl (C=O) groups excluding carboxylic acids is 1. The Kier molecular flexibility index (Phi) is 8.02. The summed E-state index contributed by atoms with van der Waals surface area (Å²) in [6.07, 6.45) is 4.57. The molecule has 1 fully saturated rings. The van der Waals surface area contributed by atoms with Gasteiger partial charge in [-0.3, -0.25) is 14.5 Å². The molecular weight excluding hydrogens is 422 g/mol. The van der Waals surface area contributed by atoms with Crippen LogP contribution in [-0.4, -0.2) is 76.7 Å². The van der Waals surface area contributed by atoms with E-state index in [0.717, 1.165) is 22.6 Å². The summed E-state index contributed by atoms with van der Waals surface area (Å²) in [5, 5.41) is 17.8. The van der Waals surface area contributed by atoms with Crippen molar-refractivity contribution >= 4 is 5.91 Å². The van der Waals surface area contributed by atoms with Gasteiger partial charge < -0.3 is 24.8 Å². The Bertz CT molecular complexity index is 1000. The van der Waals surface area contributed by atoms with E-state index in [1.165, 1.54) is 0 Å². The predicted octanol–water partition coefficient (Wildman–Crippen LogP) is 1.51. The van der Waals surface area contributed by atoms with Gasteiger partial charge in [-0.1, -0.05) is 6.07 Å². The summed E-state index contributed by atoms with van der Waals surface area (Å²) in [6, 6.07) is 13.3. The third kappa shape index (κ3) is 6.61. The van der Waals surface area contributed by atoms with Crippen LogP contribution in [0.2, 0.25) is 0 Å². The molecule has 0 radical (unpaired) electrons. The van der Waals surface area contributed by atoms with Gasteiger partial charge in [0.1, 0.15) is 18.9 Å². The second-order valence-corrected chi connectivity index (χ2v) is 7.77. The third-order valence-corrected chi connectivity index (χ3v) is 5.41. The fraction of sp³-hybridized carbons (Fsp3) is 0.375. The Morgan fingerprint density at radius 3 is 2.76 bits per heavy atom. The van der Waals surface area contributed by atoms with Crippen molar-refractivity contribution < 1.29 is 19.4 Å². The molecule has 1 saturated heterocycles. The molecule has 0 saturated carbocycles. The first-order valence-corrected chi connectivity index (χ1v) is 11.1. The first-order chi connectivity index (χ1) is 16.2. The van der Waals surface area contributed by atoms with Crippen molar-refractivity contribution in [1.29, 1.82) is 0 Å². The maximum absolute atomic E-state index is 12.4. The molecule has 2 aromatic heterocycles. The van der Waals surface area contributed by atoms with E-state index in [0.29, 0.717) is 46.0 Å². The molecule has 0 spiro atoms. The topological polar surface area (TPSA) is 102 Å². The molecule has 33 heavy (non-hydrogen) atoms. The fourth-order valence-electron chi connectivity index (χ4n) is 3.55. The molecule has 0 aliphatic carbocycles. The van der Waals surface area contributed by atoms with Crippen LogP contribution >= 0.6 is 0 Å². The first-order valence-electron chi connectivity index (χ1n) is 11.1. The molecular formula is C24H29N5O4. The quantitative estimate of drug-likeness (QED) is 0.451. The number of ether oxygens (including phenoxy) is 2. The van der Waals surface area contributed by atoms with Gasteiger partial charge in [0.05, 0.1) is 25.0 Å². The van der Waals surface area contributed by atoms with E-state index in [-0.39, 0.29) is 12.5 Å².